The molecule has 1 aromatic heterocycles. The molecular formula is C17H24N2O2. The molecule has 2 rings (SSSR count). The van der Waals surface area contributed by atoms with Gasteiger partial charge in [0.05, 0.1) is 7.11 Å². The van der Waals surface area contributed by atoms with Gasteiger partial charge < -0.3 is 14.6 Å². The van der Waals surface area contributed by atoms with Gasteiger partial charge in [-0.25, -0.2) is 0 Å². The first-order valence-electron chi connectivity index (χ1n) is 7.48. The lowest BCUT2D eigenvalue weighted by Gasteiger charge is -2.10. The zero-order valence-corrected chi connectivity index (χ0v) is 13.1. The molecule has 0 spiro atoms. The minimum absolute atomic E-state index is 0.145. The average molecular weight is 288 g/mol. The fourth-order valence-corrected chi connectivity index (χ4v) is 2.45. The molecule has 4 nitrogen and oxygen atoms in total. The van der Waals surface area contributed by atoms with Crippen LogP contribution in [0.5, 0.6) is 0 Å². The molecule has 0 atom stereocenters. The van der Waals surface area contributed by atoms with Crippen LogP contribution in [0.15, 0.2) is 30.5 Å². The van der Waals surface area contributed by atoms with Crippen LogP contribution < -0.4 is 5.32 Å². The van der Waals surface area contributed by atoms with E-state index in [9.17, 15) is 4.79 Å². The predicted octanol–water partition coefficient (Wildman–Crippen LogP) is 3.09. The zero-order valence-electron chi connectivity index (χ0n) is 13.1. The normalized spacial score (nSPS) is 11.2. The molecule has 0 bridgehead atoms. The second-order valence-corrected chi connectivity index (χ2v) is 5.57. The Morgan fingerprint density at radius 2 is 2.14 bits per heavy atom. The quantitative estimate of drug-likeness (QED) is 0.796. The van der Waals surface area contributed by atoms with E-state index < -0.39 is 0 Å². The van der Waals surface area contributed by atoms with Crippen LogP contribution in [0.4, 0.5) is 0 Å². The maximum atomic E-state index is 11.2. The largest absolute Gasteiger partial charge is 0.469 e. The van der Waals surface area contributed by atoms with Crippen molar-refractivity contribution in [2.24, 2.45) is 0 Å². The summed E-state index contributed by atoms with van der Waals surface area (Å²) in [6.07, 6.45) is 3.36. The number of fused-ring (bicyclic) bond motifs is 1. The van der Waals surface area contributed by atoms with Crippen molar-refractivity contribution in [1.82, 2.24) is 9.88 Å². The summed E-state index contributed by atoms with van der Waals surface area (Å²) in [6.45, 7) is 6.01. The topological polar surface area (TPSA) is 43.3 Å². The summed E-state index contributed by atoms with van der Waals surface area (Å²) in [4.78, 5) is 11.2. The Hall–Kier alpha value is -1.81. The van der Waals surface area contributed by atoms with Crippen LogP contribution in [0, 0.1) is 0 Å². The number of carbonyl (C=O) groups is 1. The lowest BCUT2D eigenvalue weighted by molar-refractivity contribution is -0.140. The lowest BCUT2D eigenvalue weighted by Crippen LogP contribution is -2.21. The van der Waals surface area contributed by atoms with Gasteiger partial charge in [0.25, 0.3) is 0 Å². The van der Waals surface area contributed by atoms with E-state index in [2.05, 4.69) is 58.9 Å². The molecule has 1 heterocycles. The SMILES string of the molecule is COC(=O)CCCn1ccc2c(CNC(C)C)cccc21. The standard InChI is InChI=1S/C17H24N2O2/c1-13(2)18-12-14-6-4-7-16-15(14)9-11-19(16)10-5-8-17(20)21-3/h4,6-7,9,11,13,18H,5,8,10,12H2,1-3H3. The maximum absolute atomic E-state index is 11.2. The molecule has 0 saturated carbocycles. The first-order chi connectivity index (χ1) is 10.1. The second kappa shape index (κ2) is 7.27. The molecule has 21 heavy (non-hydrogen) atoms. The highest BCUT2D eigenvalue weighted by Gasteiger charge is 2.07. The second-order valence-electron chi connectivity index (χ2n) is 5.57. The van der Waals surface area contributed by atoms with Crippen LogP contribution in [0.3, 0.4) is 0 Å². The van der Waals surface area contributed by atoms with Gasteiger partial charge in [-0.3, -0.25) is 4.79 Å². The van der Waals surface area contributed by atoms with Crippen molar-refractivity contribution in [1.29, 1.82) is 0 Å². The lowest BCUT2D eigenvalue weighted by atomic mass is 10.1. The number of nitrogens with one attached hydrogen (secondary N) is 1. The van der Waals surface area contributed by atoms with Crippen LogP contribution >= 0.6 is 0 Å². The third-order valence-electron chi connectivity index (χ3n) is 3.61. The smallest absolute Gasteiger partial charge is 0.305 e. The van der Waals surface area contributed by atoms with Gasteiger partial charge in [-0.2, -0.15) is 0 Å². The first-order valence-corrected chi connectivity index (χ1v) is 7.48. The molecule has 0 radical (unpaired) electrons. The predicted molar refractivity (Wildman–Crippen MR) is 85.2 cm³/mol. The van der Waals surface area contributed by atoms with Crippen LogP contribution in [0.2, 0.25) is 0 Å². The minimum Gasteiger partial charge on any atom is -0.469 e. The van der Waals surface area contributed by atoms with Gasteiger partial charge in [0.1, 0.15) is 0 Å². The summed E-state index contributed by atoms with van der Waals surface area (Å²) < 4.78 is 6.88. The summed E-state index contributed by atoms with van der Waals surface area (Å²) in [6, 6.07) is 9.02. The van der Waals surface area contributed by atoms with Gasteiger partial charge in [0.2, 0.25) is 0 Å². The monoisotopic (exact) mass is 288 g/mol. The van der Waals surface area contributed by atoms with E-state index >= 15 is 0 Å². The van der Waals surface area contributed by atoms with Gasteiger partial charge in [-0.1, -0.05) is 26.0 Å². The Balaban J connectivity index is 2.09. The maximum Gasteiger partial charge on any atom is 0.305 e. The number of esters is 1. The third-order valence-corrected chi connectivity index (χ3v) is 3.61. The molecule has 0 aliphatic carbocycles. The Morgan fingerprint density at radius 3 is 2.86 bits per heavy atom. The number of benzene rings is 1. The number of aryl methyl sites for hydroxylation is 1. The highest BCUT2D eigenvalue weighted by molar-refractivity contribution is 5.83. The summed E-state index contributed by atoms with van der Waals surface area (Å²) >= 11 is 0. The Bertz CT molecular complexity index is 602. The molecule has 2 aromatic rings. The summed E-state index contributed by atoms with van der Waals surface area (Å²) in [5.41, 5.74) is 2.54. The zero-order chi connectivity index (χ0) is 15.2. The molecule has 4 heteroatoms. The Kier molecular flexibility index (Phi) is 5.39. The van der Waals surface area contributed by atoms with E-state index in [0.717, 1.165) is 19.5 Å². The molecule has 0 saturated heterocycles. The number of methoxy groups -OCH3 is 1. The summed E-state index contributed by atoms with van der Waals surface area (Å²) in [5.74, 6) is -0.145. The number of carbonyl (C=O) groups excluding carboxylic acids is 1. The number of rotatable bonds is 7. The van der Waals surface area contributed by atoms with E-state index in [0.29, 0.717) is 12.5 Å². The van der Waals surface area contributed by atoms with Gasteiger partial charge in [-0.05, 0) is 24.1 Å². The highest BCUT2D eigenvalue weighted by Crippen LogP contribution is 2.21. The van der Waals surface area contributed by atoms with Crippen molar-refractivity contribution in [3.05, 3.63) is 36.0 Å². The van der Waals surface area contributed by atoms with Crippen molar-refractivity contribution in [2.45, 2.75) is 45.8 Å². The molecule has 0 fully saturated rings. The van der Waals surface area contributed by atoms with E-state index in [4.69, 9.17) is 0 Å². The Labute approximate surface area is 126 Å². The summed E-state index contributed by atoms with van der Waals surface area (Å²) in [7, 11) is 1.43. The van der Waals surface area contributed by atoms with Crippen molar-refractivity contribution >= 4 is 16.9 Å². The molecule has 0 aliphatic rings. The van der Waals surface area contributed by atoms with Gasteiger partial charge >= 0.3 is 5.97 Å². The van der Waals surface area contributed by atoms with Crippen molar-refractivity contribution < 1.29 is 9.53 Å². The van der Waals surface area contributed by atoms with Crippen LogP contribution in [0.25, 0.3) is 10.9 Å². The average Bonchev–Trinajstić information content (AvgIpc) is 2.88. The van der Waals surface area contributed by atoms with Crippen LogP contribution in [-0.2, 0) is 22.6 Å². The molecule has 1 N–H and O–H groups in total. The van der Waals surface area contributed by atoms with Crippen molar-refractivity contribution in [3.63, 3.8) is 0 Å². The molecule has 114 valence electrons. The third kappa shape index (κ3) is 4.08. The molecule has 0 amide bonds. The van der Waals surface area contributed by atoms with Crippen molar-refractivity contribution in [2.75, 3.05) is 7.11 Å². The highest BCUT2D eigenvalue weighted by atomic mass is 16.5. The molecule has 0 unspecified atom stereocenters. The number of ether oxygens (including phenoxy) is 1. The molecule has 1 aromatic carbocycles. The fraction of sp³-hybridized carbons (Fsp3) is 0.471. The number of aromatic nitrogens is 1. The Morgan fingerprint density at radius 1 is 1.33 bits per heavy atom. The molecule has 0 aliphatic heterocycles. The van der Waals surface area contributed by atoms with Gasteiger partial charge in [-0.15, -0.1) is 0 Å². The van der Waals surface area contributed by atoms with Gasteiger partial charge in [0, 0.05) is 42.7 Å². The van der Waals surface area contributed by atoms with Gasteiger partial charge in [0.15, 0.2) is 0 Å². The minimum atomic E-state index is -0.145. The first kappa shape index (κ1) is 15.6. The van der Waals surface area contributed by atoms with E-state index in [-0.39, 0.29) is 5.97 Å². The summed E-state index contributed by atoms with van der Waals surface area (Å²) in [5, 5.41) is 4.74. The van der Waals surface area contributed by atoms with E-state index in [1.807, 2.05) is 0 Å². The number of nitrogens with zero attached hydrogens (tertiary/aromatic N) is 1. The van der Waals surface area contributed by atoms with E-state index in [1.54, 1.807) is 0 Å². The van der Waals surface area contributed by atoms with Crippen LogP contribution in [-0.4, -0.2) is 23.7 Å². The number of hydrogen-bond donors (Lipinski definition) is 1. The number of hydrogen-bond acceptors (Lipinski definition) is 3. The van der Waals surface area contributed by atoms with Crippen LogP contribution in [0.1, 0.15) is 32.3 Å². The fourth-order valence-electron chi connectivity index (χ4n) is 2.45. The van der Waals surface area contributed by atoms with Crippen molar-refractivity contribution in [3.8, 4) is 0 Å². The molecular weight excluding hydrogens is 264 g/mol. The van der Waals surface area contributed by atoms with E-state index in [1.165, 1.54) is 23.6 Å².